The van der Waals surface area contributed by atoms with E-state index in [0.29, 0.717) is 0 Å². The van der Waals surface area contributed by atoms with Crippen LogP contribution in [-0.4, -0.2) is 26.8 Å². The van der Waals surface area contributed by atoms with Gasteiger partial charge in [0.05, 0.1) is 0 Å². The number of nitrogens with zero attached hydrogens (tertiary/aromatic N) is 1. The van der Waals surface area contributed by atoms with E-state index in [2.05, 4.69) is 11.2 Å². The minimum Gasteiger partial charge on any atom is -0.198 e. The van der Waals surface area contributed by atoms with E-state index in [1.165, 1.54) is 14.1 Å². The maximum absolute atomic E-state index is 11.1. The molecule has 0 aromatic heterocycles. The first-order valence-electron chi connectivity index (χ1n) is 3.61. The van der Waals surface area contributed by atoms with Gasteiger partial charge in [0.25, 0.3) is 10.0 Å². The van der Waals surface area contributed by atoms with Crippen LogP contribution in [0.2, 0.25) is 0 Å². The zero-order valence-electron chi connectivity index (χ0n) is 8.17. The minimum atomic E-state index is -3.36. The van der Waals surface area contributed by atoms with Crippen LogP contribution in [-0.2, 0) is 10.0 Å². The molecule has 0 heterocycles. The molecule has 70 valence electrons. The third kappa shape index (κ3) is 4.37. The van der Waals surface area contributed by atoms with Crippen LogP contribution in [0.1, 0.15) is 20.8 Å². The van der Waals surface area contributed by atoms with Crippen LogP contribution < -0.4 is 0 Å². The standard InChI is InChI=1S/C8H15NO2S/c1-8(2,3)6-7-12(10,11)9(4)5/h1-5H3. The lowest BCUT2D eigenvalue weighted by Crippen LogP contribution is -2.20. The molecule has 0 spiro atoms. The van der Waals surface area contributed by atoms with Crippen molar-refractivity contribution in [2.45, 2.75) is 20.8 Å². The molecule has 0 radical (unpaired) electrons. The van der Waals surface area contributed by atoms with E-state index in [1.807, 2.05) is 20.8 Å². The van der Waals surface area contributed by atoms with Crippen molar-refractivity contribution in [1.82, 2.24) is 4.31 Å². The quantitative estimate of drug-likeness (QED) is 0.574. The average molecular weight is 189 g/mol. The van der Waals surface area contributed by atoms with Gasteiger partial charge < -0.3 is 0 Å². The van der Waals surface area contributed by atoms with E-state index >= 15 is 0 Å². The second-order valence-corrected chi connectivity index (χ2v) is 5.65. The Morgan fingerprint density at radius 2 is 1.58 bits per heavy atom. The van der Waals surface area contributed by atoms with Crippen molar-refractivity contribution >= 4 is 10.0 Å². The first kappa shape index (κ1) is 11.5. The summed E-state index contributed by atoms with van der Waals surface area (Å²) >= 11 is 0. The summed E-state index contributed by atoms with van der Waals surface area (Å²) in [6.07, 6.45) is 0. The summed E-state index contributed by atoms with van der Waals surface area (Å²) in [7, 11) is -0.429. The number of hydrogen-bond acceptors (Lipinski definition) is 2. The summed E-state index contributed by atoms with van der Waals surface area (Å²) in [5, 5.41) is 2.25. The lowest BCUT2D eigenvalue weighted by molar-refractivity contribution is 0.531. The summed E-state index contributed by atoms with van der Waals surface area (Å²) in [5.41, 5.74) is -0.275. The maximum atomic E-state index is 11.1. The van der Waals surface area contributed by atoms with Gasteiger partial charge in [0.15, 0.2) is 0 Å². The minimum absolute atomic E-state index is 0.275. The van der Waals surface area contributed by atoms with Crippen LogP contribution in [0.15, 0.2) is 0 Å². The Labute approximate surface area is 74.8 Å². The molecule has 0 unspecified atom stereocenters. The monoisotopic (exact) mass is 189 g/mol. The smallest absolute Gasteiger partial charge is 0.198 e. The van der Waals surface area contributed by atoms with Crippen LogP contribution in [0.5, 0.6) is 0 Å². The fourth-order valence-electron chi connectivity index (χ4n) is 0.309. The highest BCUT2D eigenvalue weighted by Gasteiger charge is 2.10. The van der Waals surface area contributed by atoms with E-state index in [4.69, 9.17) is 0 Å². The molecule has 0 saturated heterocycles. The highest BCUT2D eigenvalue weighted by atomic mass is 32.2. The molecule has 3 nitrogen and oxygen atoms in total. The summed E-state index contributed by atoms with van der Waals surface area (Å²) in [6, 6.07) is 0. The molecular weight excluding hydrogens is 174 g/mol. The normalized spacial score (nSPS) is 12.5. The van der Waals surface area contributed by atoms with Crippen molar-refractivity contribution in [2.24, 2.45) is 5.41 Å². The highest BCUT2D eigenvalue weighted by molar-refractivity contribution is 7.93. The van der Waals surface area contributed by atoms with Crippen molar-refractivity contribution in [3.63, 3.8) is 0 Å². The van der Waals surface area contributed by atoms with Gasteiger partial charge in [0, 0.05) is 24.8 Å². The molecule has 0 rings (SSSR count). The van der Waals surface area contributed by atoms with Gasteiger partial charge in [-0.2, -0.15) is 12.7 Å². The molecule has 0 bridgehead atoms. The van der Waals surface area contributed by atoms with E-state index in [0.717, 1.165) is 4.31 Å². The molecule has 0 saturated carbocycles. The number of sulfonamides is 1. The van der Waals surface area contributed by atoms with Gasteiger partial charge in [-0.05, 0) is 20.8 Å². The Kier molecular flexibility index (Phi) is 3.31. The van der Waals surface area contributed by atoms with E-state index in [9.17, 15) is 8.42 Å². The largest absolute Gasteiger partial charge is 0.282 e. The van der Waals surface area contributed by atoms with E-state index in [1.54, 1.807) is 0 Å². The van der Waals surface area contributed by atoms with E-state index in [-0.39, 0.29) is 5.41 Å². The molecule has 0 aromatic carbocycles. The zero-order valence-corrected chi connectivity index (χ0v) is 8.99. The van der Waals surface area contributed by atoms with Gasteiger partial charge in [-0.25, -0.2) is 0 Å². The predicted octanol–water partition coefficient (Wildman–Crippen LogP) is 0.885. The van der Waals surface area contributed by atoms with Crippen LogP contribution in [0.25, 0.3) is 0 Å². The van der Waals surface area contributed by atoms with Gasteiger partial charge in [-0.1, -0.05) is 5.92 Å². The fourth-order valence-corrected chi connectivity index (χ4v) is 0.927. The van der Waals surface area contributed by atoms with Crippen molar-refractivity contribution in [2.75, 3.05) is 14.1 Å². The topological polar surface area (TPSA) is 37.4 Å². The lowest BCUT2D eigenvalue weighted by Gasteiger charge is -2.08. The molecular formula is C8H15NO2S. The SMILES string of the molecule is CN(C)S(=O)(=O)C#CC(C)(C)C. The van der Waals surface area contributed by atoms with Gasteiger partial charge in [-0.3, -0.25) is 0 Å². The average Bonchev–Trinajstić information content (AvgIpc) is 1.82. The summed E-state index contributed by atoms with van der Waals surface area (Å²) in [5.74, 6) is 2.66. The maximum Gasteiger partial charge on any atom is 0.282 e. The third-order valence-electron chi connectivity index (χ3n) is 1.04. The fraction of sp³-hybridized carbons (Fsp3) is 0.750. The second kappa shape index (κ2) is 3.46. The number of rotatable bonds is 1. The van der Waals surface area contributed by atoms with Crippen molar-refractivity contribution in [1.29, 1.82) is 0 Å². The molecule has 0 amide bonds. The molecule has 0 fully saturated rings. The highest BCUT2D eigenvalue weighted by Crippen LogP contribution is 2.10. The molecule has 12 heavy (non-hydrogen) atoms. The molecule has 4 heteroatoms. The second-order valence-electron chi connectivity index (χ2n) is 3.76. The summed E-state index contributed by atoms with van der Waals surface area (Å²) < 4.78 is 23.4. The van der Waals surface area contributed by atoms with Crippen molar-refractivity contribution in [3.8, 4) is 11.2 Å². The summed E-state index contributed by atoms with van der Waals surface area (Å²) in [6.45, 7) is 5.60. The lowest BCUT2D eigenvalue weighted by atomic mass is 9.99. The Morgan fingerprint density at radius 1 is 1.17 bits per heavy atom. The van der Waals surface area contributed by atoms with Gasteiger partial charge in [-0.15, -0.1) is 0 Å². The first-order chi connectivity index (χ1) is 5.15. The molecule has 0 aliphatic carbocycles. The van der Waals surface area contributed by atoms with Gasteiger partial charge in [0.2, 0.25) is 0 Å². The van der Waals surface area contributed by atoms with Crippen LogP contribution in [0, 0.1) is 16.6 Å². The zero-order chi connectivity index (χ0) is 9.99. The van der Waals surface area contributed by atoms with Gasteiger partial charge >= 0.3 is 0 Å². The third-order valence-corrected chi connectivity index (χ3v) is 2.36. The number of hydrogen-bond donors (Lipinski definition) is 0. The first-order valence-corrected chi connectivity index (χ1v) is 5.05. The molecule has 0 aliphatic heterocycles. The van der Waals surface area contributed by atoms with Crippen molar-refractivity contribution in [3.05, 3.63) is 0 Å². The molecule has 0 atom stereocenters. The molecule has 0 aliphatic rings. The predicted molar refractivity (Wildman–Crippen MR) is 49.8 cm³/mol. The van der Waals surface area contributed by atoms with Crippen LogP contribution in [0.3, 0.4) is 0 Å². The van der Waals surface area contributed by atoms with E-state index < -0.39 is 10.0 Å². The van der Waals surface area contributed by atoms with Crippen LogP contribution >= 0.6 is 0 Å². The Morgan fingerprint density at radius 3 is 1.83 bits per heavy atom. The molecule has 0 N–H and O–H groups in total. The van der Waals surface area contributed by atoms with Crippen molar-refractivity contribution < 1.29 is 8.42 Å². The van der Waals surface area contributed by atoms with Gasteiger partial charge in [0.1, 0.15) is 0 Å². The Balaban J connectivity index is 4.76. The Hall–Kier alpha value is -0.530. The van der Waals surface area contributed by atoms with Crippen LogP contribution in [0.4, 0.5) is 0 Å². The Bertz CT molecular complexity index is 298. The molecule has 0 aromatic rings. The summed E-state index contributed by atoms with van der Waals surface area (Å²) in [4.78, 5) is 0.